The second kappa shape index (κ2) is 7.51. The van der Waals surface area contributed by atoms with Gasteiger partial charge in [-0.1, -0.05) is 30.3 Å². The van der Waals surface area contributed by atoms with Gasteiger partial charge in [-0.2, -0.15) is 0 Å². The number of carbonyl (C=O) groups is 1. The maximum Gasteiger partial charge on any atom is 0.252 e. The van der Waals surface area contributed by atoms with E-state index in [0.29, 0.717) is 19.7 Å². The third-order valence-corrected chi connectivity index (χ3v) is 4.60. The highest BCUT2D eigenvalue weighted by atomic mass is 32.1. The minimum absolute atomic E-state index is 0.101. The molecule has 22 heavy (non-hydrogen) atoms. The predicted octanol–water partition coefficient (Wildman–Crippen LogP) is 2.89. The van der Waals surface area contributed by atoms with Gasteiger partial charge in [0.25, 0.3) is 5.91 Å². The van der Waals surface area contributed by atoms with Crippen molar-refractivity contribution in [3.05, 3.63) is 52.5 Å². The predicted molar refractivity (Wildman–Crippen MR) is 86.7 cm³/mol. The smallest absolute Gasteiger partial charge is 0.252 e. The van der Waals surface area contributed by atoms with Crippen LogP contribution in [0.25, 0.3) is 0 Å². The summed E-state index contributed by atoms with van der Waals surface area (Å²) < 4.78 is 5.56. The van der Waals surface area contributed by atoms with Crippen molar-refractivity contribution in [2.75, 3.05) is 13.2 Å². The van der Waals surface area contributed by atoms with E-state index in [9.17, 15) is 4.79 Å². The van der Waals surface area contributed by atoms with Crippen molar-refractivity contribution in [3.63, 3.8) is 0 Å². The summed E-state index contributed by atoms with van der Waals surface area (Å²) in [5.41, 5.74) is 1.24. The van der Waals surface area contributed by atoms with Gasteiger partial charge in [-0.25, -0.2) is 4.98 Å². The minimum atomic E-state index is -0.268. The Morgan fingerprint density at radius 2 is 2.23 bits per heavy atom. The first-order chi connectivity index (χ1) is 10.8. The van der Waals surface area contributed by atoms with Crippen molar-refractivity contribution in [2.45, 2.75) is 31.9 Å². The Morgan fingerprint density at radius 3 is 2.91 bits per heavy atom. The van der Waals surface area contributed by atoms with Crippen molar-refractivity contribution in [1.82, 2.24) is 9.88 Å². The highest BCUT2D eigenvalue weighted by Crippen LogP contribution is 2.17. The molecule has 1 aromatic carbocycles. The van der Waals surface area contributed by atoms with Crippen molar-refractivity contribution < 1.29 is 9.53 Å². The van der Waals surface area contributed by atoms with Crippen molar-refractivity contribution in [1.29, 1.82) is 0 Å². The van der Waals surface area contributed by atoms with Crippen LogP contribution in [0, 0.1) is 0 Å². The van der Waals surface area contributed by atoms with E-state index < -0.39 is 0 Å². The monoisotopic (exact) mass is 316 g/mol. The third kappa shape index (κ3) is 3.93. The number of carbonyl (C=O) groups excluding carboxylic acids is 1. The van der Waals surface area contributed by atoms with Crippen molar-refractivity contribution in [3.8, 4) is 0 Å². The SMILES string of the molecule is O=C([C@@H]1CCCO1)N(CCc1ccccc1)Cc1nccs1. The van der Waals surface area contributed by atoms with Gasteiger partial charge in [-0.15, -0.1) is 11.3 Å². The van der Waals surface area contributed by atoms with E-state index >= 15 is 0 Å². The molecule has 2 aromatic rings. The van der Waals surface area contributed by atoms with E-state index in [2.05, 4.69) is 17.1 Å². The molecule has 0 spiro atoms. The summed E-state index contributed by atoms with van der Waals surface area (Å²) in [6.45, 7) is 1.96. The van der Waals surface area contributed by atoms with Crippen LogP contribution in [0.5, 0.6) is 0 Å². The molecule has 1 aromatic heterocycles. The van der Waals surface area contributed by atoms with Gasteiger partial charge in [0.2, 0.25) is 0 Å². The molecule has 0 aliphatic carbocycles. The lowest BCUT2D eigenvalue weighted by molar-refractivity contribution is -0.141. The van der Waals surface area contributed by atoms with Crippen LogP contribution < -0.4 is 0 Å². The van der Waals surface area contributed by atoms with Gasteiger partial charge >= 0.3 is 0 Å². The summed E-state index contributed by atoms with van der Waals surface area (Å²) in [6.07, 6.45) is 4.17. The average molecular weight is 316 g/mol. The fourth-order valence-electron chi connectivity index (χ4n) is 2.65. The van der Waals surface area contributed by atoms with Crippen LogP contribution in [-0.2, 0) is 22.5 Å². The normalized spacial score (nSPS) is 17.5. The molecular weight excluding hydrogens is 296 g/mol. The number of aromatic nitrogens is 1. The van der Waals surface area contributed by atoms with Gasteiger partial charge in [0, 0.05) is 24.7 Å². The van der Waals surface area contributed by atoms with Gasteiger partial charge in [0.1, 0.15) is 11.1 Å². The Labute approximate surface area is 134 Å². The number of rotatable bonds is 6. The van der Waals surface area contributed by atoms with Gasteiger partial charge in [0.05, 0.1) is 6.54 Å². The fraction of sp³-hybridized carbons (Fsp3) is 0.412. The molecule has 1 fully saturated rings. The fourth-order valence-corrected chi connectivity index (χ4v) is 3.28. The standard InChI is InChI=1S/C17H20N2O2S/c20-17(15-7-4-11-21-15)19(13-16-18-9-12-22-16)10-8-14-5-2-1-3-6-14/h1-3,5-6,9,12,15H,4,7-8,10-11,13H2/t15-/m0/s1. The summed E-state index contributed by atoms with van der Waals surface area (Å²) in [6, 6.07) is 10.3. The van der Waals surface area contributed by atoms with E-state index in [4.69, 9.17) is 4.74 Å². The Balaban J connectivity index is 1.66. The summed E-state index contributed by atoms with van der Waals surface area (Å²) in [5, 5.41) is 2.92. The molecule has 0 bridgehead atoms. The summed E-state index contributed by atoms with van der Waals surface area (Å²) in [5.74, 6) is 0.101. The van der Waals surface area contributed by atoms with Crippen LogP contribution in [-0.4, -0.2) is 35.0 Å². The largest absolute Gasteiger partial charge is 0.368 e. The molecule has 1 aliphatic heterocycles. The van der Waals surface area contributed by atoms with Crippen LogP contribution in [0.1, 0.15) is 23.4 Å². The van der Waals surface area contributed by atoms with Gasteiger partial charge < -0.3 is 9.64 Å². The first-order valence-electron chi connectivity index (χ1n) is 7.65. The van der Waals surface area contributed by atoms with Crippen LogP contribution in [0.2, 0.25) is 0 Å². The molecular formula is C17H20N2O2S. The number of nitrogens with zero attached hydrogens (tertiary/aromatic N) is 2. The van der Waals surface area contributed by atoms with E-state index in [-0.39, 0.29) is 12.0 Å². The molecule has 1 aliphatic rings. The molecule has 0 saturated carbocycles. The van der Waals surface area contributed by atoms with Gasteiger partial charge in [0.15, 0.2) is 0 Å². The van der Waals surface area contributed by atoms with Crippen molar-refractivity contribution >= 4 is 17.2 Å². The van der Waals surface area contributed by atoms with Crippen LogP contribution >= 0.6 is 11.3 Å². The summed E-state index contributed by atoms with van der Waals surface area (Å²) in [7, 11) is 0. The minimum Gasteiger partial charge on any atom is -0.368 e. The third-order valence-electron chi connectivity index (χ3n) is 3.84. The molecule has 1 atom stereocenters. The lowest BCUT2D eigenvalue weighted by atomic mass is 10.1. The summed E-state index contributed by atoms with van der Waals surface area (Å²) >= 11 is 1.59. The van der Waals surface area contributed by atoms with Crippen LogP contribution in [0.15, 0.2) is 41.9 Å². The van der Waals surface area contributed by atoms with Crippen LogP contribution in [0.3, 0.4) is 0 Å². The Hall–Kier alpha value is -1.72. The zero-order chi connectivity index (χ0) is 15.2. The number of thiazole rings is 1. The number of benzene rings is 1. The highest BCUT2D eigenvalue weighted by molar-refractivity contribution is 7.09. The van der Waals surface area contributed by atoms with E-state index in [1.807, 2.05) is 28.5 Å². The van der Waals surface area contributed by atoms with Crippen LogP contribution in [0.4, 0.5) is 0 Å². The molecule has 0 radical (unpaired) electrons. The maximum atomic E-state index is 12.7. The number of hydrogen-bond donors (Lipinski definition) is 0. The Morgan fingerprint density at radius 1 is 1.36 bits per heavy atom. The molecule has 3 rings (SSSR count). The zero-order valence-electron chi connectivity index (χ0n) is 12.5. The van der Waals surface area contributed by atoms with E-state index in [0.717, 1.165) is 24.3 Å². The van der Waals surface area contributed by atoms with Gasteiger partial charge in [-0.3, -0.25) is 4.79 Å². The van der Waals surface area contributed by atoms with E-state index in [1.165, 1.54) is 5.56 Å². The maximum absolute atomic E-state index is 12.7. The highest BCUT2D eigenvalue weighted by Gasteiger charge is 2.28. The van der Waals surface area contributed by atoms with E-state index in [1.54, 1.807) is 17.5 Å². The van der Waals surface area contributed by atoms with Gasteiger partial charge in [-0.05, 0) is 24.8 Å². The molecule has 0 unspecified atom stereocenters. The molecule has 4 nitrogen and oxygen atoms in total. The Bertz CT molecular complexity index is 580. The average Bonchev–Trinajstić information content (AvgIpc) is 3.25. The Kier molecular flexibility index (Phi) is 5.19. The number of amides is 1. The second-order valence-electron chi connectivity index (χ2n) is 5.42. The zero-order valence-corrected chi connectivity index (χ0v) is 13.3. The molecule has 0 N–H and O–H groups in total. The molecule has 2 heterocycles. The molecule has 5 heteroatoms. The first-order valence-corrected chi connectivity index (χ1v) is 8.53. The first kappa shape index (κ1) is 15.2. The quantitative estimate of drug-likeness (QED) is 0.823. The topological polar surface area (TPSA) is 42.4 Å². The molecule has 116 valence electrons. The number of ether oxygens (including phenoxy) is 1. The lowest BCUT2D eigenvalue weighted by Crippen LogP contribution is -2.39. The second-order valence-corrected chi connectivity index (χ2v) is 6.40. The van der Waals surface area contributed by atoms with Crippen molar-refractivity contribution in [2.24, 2.45) is 0 Å². The molecule has 1 saturated heterocycles. The lowest BCUT2D eigenvalue weighted by Gasteiger charge is -2.24. The number of hydrogen-bond acceptors (Lipinski definition) is 4. The molecule has 1 amide bonds. The summed E-state index contributed by atoms with van der Waals surface area (Å²) in [4.78, 5) is 18.9.